The molecule has 1 aromatic carbocycles. The molecule has 4 rings (SSSR count). The average Bonchev–Trinajstić information content (AvgIpc) is 3.45. The topological polar surface area (TPSA) is 90.7 Å². The van der Waals surface area contributed by atoms with Crippen molar-refractivity contribution in [2.24, 2.45) is 0 Å². The Morgan fingerprint density at radius 1 is 1.24 bits per heavy atom. The zero-order valence-electron chi connectivity index (χ0n) is 13.8. The van der Waals surface area contributed by atoms with Gasteiger partial charge < -0.3 is 15.1 Å². The molecule has 0 unspecified atom stereocenters. The molecule has 1 aromatic heterocycles. The Kier molecular flexibility index (Phi) is 3.72. The maximum atomic E-state index is 13.1. The molecule has 2 aliphatic rings. The fourth-order valence-electron chi connectivity index (χ4n) is 3.52. The summed E-state index contributed by atoms with van der Waals surface area (Å²) in [5.41, 5.74) is 0.381. The standard InChI is InChI=1S/C19H20N2O4/c22-17(21-9-3-8-19(25,11-21)18(23)24)14-10-16(12-6-7-12)20-15-5-2-1-4-13(14)15/h1-2,4-5,10,12,25H,3,6-9,11H2,(H,23,24)/t19-/m0/s1. The van der Waals surface area contributed by atoms with E-state index in [2.05, 4.69) is 4.98 Å². The lowest BCUT2D eigenvalue weighted by Crippen LogP contribution is -2.54. The number of benzene rings is 1. The Balaban J connectivity index is 1.73. The number of nitrogens with zero attached hydrogens (tertiary/aromatic N) is 2. The monoisotopic (exact) mass is 340 g/mol. The third-order valence-corrected chi connectivity index (χ3v) is 5.12. The van der Waals surface area contributed by atoms with E-state index in [0.717, 1.165) is 29.4 Å². The van der Waals surface area contributed by atoms with Crippen molar-refractivity contribution in [3.63, 3.8) is 0 Å². The molecule has 6 heteroatoms. The summed E-state index contributed by atoms with van der Waals surface area (Å²) in [5.74, 6) is -1.10. The highest BCUT2D eigenvalue weighted by atomic mass is 16.4. The predicted octanol–water partition coefficient (Wildman–Crippen LogP) is 2.16. The molecule has 2 aromatic rings. The lowest BCUT2D eigenvalue weighted by Gasteiger charge is -2.36. The van der Waals surface area contributed by atoms with Gasteiger partial charge in [-0.05, 0) is 37.8 Å². The van der Waals surface area contributed by atoms with Crippen molar-refractivity contribution >= 4 is 22.8 Å². The first-order valence-corrected chi connectivity index (χ1v) is 8.63. The summed E-state index contributed by atoms with van der Waals surface area (Å²) >= 11 is 0. The van der Waals surface area contributed by atoms with E-state index < -0.39 is 11.6 Å². The van der Waals surface area contributed by atoms with E-state index in [4.69, 9.17) is 0 Å². The molecule has 1 atom stereocenters. The number of likely N-dealkylation sites (tertiary alicyclic amines) is 1. The van der Waals surface area contributed by atoms with Crippen molar-refractivity contribution in [1.82, 2.24) is 9.88 Å². The number of carbonyl (C=O) groups is 2. The summed E-state index contributed by atoms with van der Waals surface area (Å²) < 4.78 is 0. The molecule has 0 bridgehead atoms. The number of hydrogen-bond donors (Lipinski definition) is 2. The van der Waals surface area contributed by atoms with Gasteiger partial charge in [-0.2, -0.15) is 0 Å². The lowest BCUT2D eigenvalue weighted by molar-refractivity contribution is -0.163. The minimum atomic E-state index is -1.87. The van der Waals surface area contributed by atoms with Gasteiger partial charge in [0, 0.05) is 23.5 Å². The smallest absolute Gasteiger partial charge is 0.337 e. The van der Waals surface area contributed by atoms with Gasteiger partial charge in [0.15, 0.2) is 5.60 Å². The second-order valence-corrected chi connectivity index (χ2v) is 7.05. The highest BCUT2D eigenvalue weighted by Gasteiger charge is 2.42. The Bertz CT molecular complexity index is 862. The lowest BCUT2D eigenvalue weighted by atomic mass is 9.92. The molecule has 1 aliphatic heterocycles. The second-order valence-electron chi connectivity index (χ2n) is 7.05. The number of para-hydroxylation sites is 1. The van der Waals surface area contributed by atoms with E-state index >= 15 is 0 Å². The fraction of sp³-hybridized carbons (Fsp3) is 0.421. The number of aliphatic hydroxyl groups is 1. The summed E-state index contributed by atoms with van der Waals surface area (Å²) in [5, 5.41) is 20.3. The van der Waals surface area contributed by atoms with Crippen LogP contribution in [0.3, 0.4) is 0 Å². The number of rotatable bonds is 3. The molecule has 1 aliphatic carbocycles. The van der Waals surface area contributed by atoms with Crippen LogP contribution < -0.4 is 0 Å². The van der Waals surface area contributed by atoms with Crippen LogP contribution in [-0.2, 0) is 4.79 Å². The number of amides is 1. The first kappa shape index (κ1) is 16.0. The number of aliphatic carboxylic acids is 1. The van der Waals surface area contributed by atoms with Crippen LogP contribution in [0, 0.1) is 0 Å². The number of pyridine rings is 1. The molecule has 1 saturated heterocycles. The van der Waals surface area contributed by atoms with Gasteiger partial charge in [-0.15, -0.1) is 0 Å². The molecule has 25 heavy (non-hydrogen) atoms. The van der Waals surface area contributed by atoms with Crippen LogP contribution >= 0.6 is 0 Å². The van der Waals surface area contributed by atoms with Crippen molar-refractivity contribution in [2.45, 2.75) is 37.2 Å². The zero-order valence-corrected chi connectivity index (χ0v) is 13.8. The van der Waals surface area contributed by atoms with Crippen LogP contribution in [0.2, 0.25) is 0 Å². The number of piperidine rings is 1. The van der Waals surface area contributed by atoms with E-state index in [1.54, 1.807) is 0 Å². The normalized spacial score (nSPS) is 23.6. The molecule has 2 heterocycles. The Morgan fingerprint density at radius 3 is 2.72 bits per heavy atom. The Morgan fingerprint density at radius 2 is 2.00 bits per heavy atom. The van der Waals surface area contributed by atoms with Crippen LogP contribution in [0.4, 0.5) is 0 Å². The molecule has 2 fully saturated rings. The average molecular weight is 340 g/mol. The first-order valence-electron chi connectivity index (χ1n) is 8.63. The van der Waals surface area contributed by atoms with Gasteiger partial charge in [-0.1, -0.05) is 18.2 Å². The van der Waals surface area contributed by atoms with E-state index in [-0.39, 0.29) is 18.9 Å². The summed E-state index contributed by atoms with van der Waals surface area (Å²) in [6.45, 7) is 0.264. The van der Waals surface area contributed by atoms with Gasteiger partial charge in [-0.3, -0.25) is 9.78 Å². The molecule has 1 amide bonds. The Hall–Kier alpha value is -2.47. The van der Waals surface area contributed by atoms with E-state index in [1.807, 2.05) is 30.3 Å². The number of aromatic nitrogens is 1. The molecule has 130 valence electrons. The zero-order chi connectivity index (χ0) is 17.6. The highest BCUT2D eigenvalue weighted by Crippen LogP contribution is 2.40. The summed E-state index contributed by atoms with van der Waals surface area (Å²) in [7, 11) is 0. The predicted molar refractivity (Wildman–Crippen MR) is 91.4 cm³/mol. The number of fused-ring (bicyclic) bond motifs is 1. The van der Waals surface area contributed by atoms with Crippen molar-refractivity contribution in [3.8, 4) is 0 Å². The third-order valence-electron chi connectivity index (χ3n) is 5.12. The minimum absolute atomic E-state index is 0.163. The summed E-state index contributed by atoms with van der Waals surface area (Å²) in [6, 6.07) is 9.35. The Labute approximate surface area is 145 Å². The maximum Gasteiger partial charge on any atom is 0.337 e. The van der Waals surface area contributed by atoms with Crippen molar-refractivity contribution in [3.05, 3.63) is 41.6 Å². The molecule has 0 radical (unpaired) electrons. The molecule has 2 N–H and O–H groups in total. The van der Waals surface area contributed by atoms with E-state index in [9.17, 15) is 19.8 Å². The van der Waals surface area contributed by atoms with E-state index in [0.29, 0.717) is 24.4 Å². The van der Waals surface area contributed by atoms with Crippen molar-refractivity contribution in [2.75, 3.05) is 13.1 Å². The largest absolute Gasteiger partial charge is 0.479 e. The molecule has 1 saturated carbocycles. The number of carbonyl (C=O) groups excluding carboxylic acids is 1. The van der Waals surface area contributed by atoms with Gasteiger partial charge in [0.1, 0.15) is 0 Å². The van der Waals surface area contributed by atoms with E-state index in [1.165, 1.54) is 4.90 Å². The minimum Gasteiger partial charge on any atom is -0.479 e. The van der Waals surface area contributed by atoms with Crippen LogP contribution in [0.15, 0.2) is 30.3 Å². The van der Waals surface area contributed by atoms with Gasteiger partial charge in [-0.25, -0.2) is 4.79 Å². The molecular formula is C19H20N2O4. The van der Waals surface area contributed by atoms with Crippen molar-refractivity contribution in [1.29, 1.82) is 0 Å². The van der Waals surface area contributed by atoms with Gasteiger partial charge in [0.05, 0.1) is 17.6 Å². The van der Waals surface area contributed by atoms with Gasteiger partial charge in [0.2, 0.25) is 0 Å². The number of β-amino-alcohol motifs (C(OH)–C–C–N with tert-alkyl or cyclic N) is 1. The van der Waals surface area contributed by atoms with Crippen LogP contribution in [0.25, 0.3) is 10.9 Å². The van der Waals surface area contributed by atoms with Crippen LogP contribution in [0.5, 0.6) is 0 Å². The number of carboxylic acids is 1. The second kappa shape index (κ2) is 5.81. The van der Waals surface area contributed by atoms with Gasteiger partial charge >= 0.3 is 5.97 Å². The molecule has 6 nitrogen and oxygen atoms in total. The summed E-state index contributed by atoms with van der Waals surface area (Å²) in [4.78, 5) is 30.6. The number of carboxylic acid groups (broad SMARTS) is 1. The van der Waals surface area contributed by atoms with Crippen LogP contribution in [-0.4, -0.2) is 50.7 Å². The van der Waals surface area contributed by atoms with Crippen molar-refractivity contribution < 1.29 is 19.8 Å². The third kappa shape index (κ3) is 2.87. The first-order chi connectivity index (χ1) is 12.0. The quantitative estimate of drug-likeness (QED) is 0.893. The SMILES string of the molecule is O=C(c1cc(C2CC2)nc2ccccc12)N1CCC[C@@](O)(C(=O)O)C1. The molecular weight excluding hydrogens is 320 g/mol. The van der Waals surface area contributed by atoms with Crippen LogP contribution in [0.1, 0.15) is 47.7 Å². The fourth-order valence-corrected chi connectivity index (χ4v) is 3.52. The maximum absolute atomic E-state index is 13.1. The number of hydrogen-bond acceptors (Lipinski definition) is 4. The summed E-state index contributed by atoms with van der Waals surface area (Å²) in [6.07, 6.45) is 2.80. The van der Waals surface area contributed by atoms with Gasteiger partial charge in [0.25, 0.3) is 5.91 Å². The highest BCUT2D eigenvalue weighted by molar-refractivity contribution is 6.06. The molecule has 0 spiro atoms.